The lowest BCUT2D eigenvalue weighted by atomic mass is 9.84. The average molecular weight is 445 g/mol. The molecule has 0 aliphatic carbocycles. The molecule has 0 radical (unpaired) electrons. The van der Waals surface area contributed by atoms with E-state index in [1.807, 2.05) is 22.9 Å². The number of aromatic nitrogens is 3. The topological polar surface area (TPSA) is 52.0 Å². The molecule has 2 atom stereocenters. The Hall–Kier alpha value is -3.64. The highest BCUT2D eigenvalue weighted by Crippen LogP contribution is 2.51. The number of anilines is 1. The number of rotatable bonds is 2. The molecule has 5 nitrogen and oxygen atoms in total. The monoisotopic (exact) mass is 444 g/mol. The van der Waals surface area contributed by atoms with Gasteiger partial charge in [-0.3, -0.25) is 0 Å². The lowest BCUT2D eigenvalue weighted by Crippen LogP contribution is -2.32. The molecule has 1 aromatic heterocycles. The second-order valence-corrected chi connectivity index (χ2v) is 8.42. The fraction of sp³-hybridized carbons (Fsp3) is 0.120. The summed E-state index contributed by atoms with van der Waals surface area (Å²) in [5, 5.41) is 8.53. The minimum atomic E-state index is -0.376. The van der Waals surface area contributed by atoms with Crippen molar-refractivity contribution in [2.45, 2.75) is 19.1 Å². The van der Waals surface area contributed by atoms with E-state index in [-0.39, 0.29) is 18.0 Å². The molecule has 0 saturated carbocycles. The number of halogens is 2. The molecule has 0 unspecified atom stereocenters. The number of aryl methyl sites for hydroxylation is 1. The maximum atomic E-state index is 13.7. The summed E-state index contributed by atoms with van der Waals surface area (Å²) in [6.45, 7) is 2.05. The van der Waals surface area contributed by atoms with Gasteiger partial charge >= 0.3 is 0 Å². The first-order valence-corrected chi connectivity index (χ1v) is 10.7. The SMILES string of the molecule is Cc1ccc([C@H]2Oc3ccc(Cl)cc3C3=C2[C@H](c2ccc(F)cc2)n2ncnc2N3)cc1. The van der Waals surface area contributed by atoms with Crippen molar-refractivity contribution in [1.82, 2.24) is 14.8 Å². The van der Waals surface area contributed by atoms with E-state index in [1.54, 1.807) is 12.1 Å². The lowest BCUT2D eigenvalue weighted by molar-refractivity contribution is 0.223. The zero-order chi connectivity index (χ0) is 21.8. The van der Waals surface area contributed by atoms with Gasteiger partial charge in [-0.1, -0.05) is 53.6 Å². The first-order chi connectivity index (χ1) is 15.6. The molecule has 0 amide bonds. The first-order valence-electron chi connectivity index (χ1n) is 10.3. The van der Waals surface area contributed by atoms with Gasteiger partial charge in [0.1, 0.15) is 30.0 Å². The summed E-state index contributed by atoms with van der Waals surface area (Å²) < 4.78 is 22.1. The molecule has 7 heteroatoms. The summed E-state index contributed by atoms with van der Waals surface area (Å²) in [4.78, 5) is 4.40. The number of hydrogen-bond donors (Lipinski definition) is 1. The smallest absolute Gasteiger partial charge is 0.226 e. The third kappa shape index (κ3) is 2.99. The number of fused-ring (bicyclic) bond motifs is 3. The average Bonchev–Trinajstić information content (AvgIpc) is 3.27. The van der Waals surface area contributed by atoms with Crippen LogP contribution >= 0.6 is 11.6 Å². The molecule has 0 saturated heterocycles. The highest BCUT2D eigenvalue weighted by atomic mass is 35.5. The highest BCUT2D eigenvalue weighted by molar-refractivity contribution is 6.30. The van der Waals surface area contributed by atoms with Crippen LogP contribution in [0.3, 0.4) is 0 Å². The van der Waals surface area contributed by atoms with Crippen LogP contribution in [-0.4, -0.2) is 14.8 Å². The summed E-state index contributed by atoms with van der Waals surface area (Å²) in [6.07, 6.45) is 1.14. The van der Waals surface area contributed by atoms with Crippen molar-refractivity contribution in [2.24, 2.45) is 0 Å². The Labute approximate surface area is 189 Å². The Morgan fingerprint density at radius 1 is 1.00 bits per heavy atom. The van der Waals surface area contributed by atoms with Crippen LogP contribution in [0.15, 0.2) is 78.6 Å². The predicted molar refractivity (Wildman–Crippen MR) is 121 cm³/mol. The lowest BCUT2D eigenvalue weighted by Gasteiger charge is -2.39. The molecular weight excluding hydrogens is 427 g/mol. The van der Waals surface area contributed by atoms with Crippen molar-refractivity contribution in [3.63, 3.8) is 0 Å². The fourth-order valence-electron chi connectivity index (χ4n) is 4.42. The number of nitrogens with zero attached hydrogens (tertiary/aromatic N) is 3. The highest BCUT2D eigenvalue weighted by Gasteiger charge is 2.41. The molecule has 1 N–H and O–H groups in total. The zero-order valence-corrected chi connectivity index (χ0v) is 17.8. The van der Waals surface area contributed by atoms with E-state index >= 15 is 0 Å². The van der Waals surface area contributed by atoms with Gasteiger partial charge in [-0.05, 0) is 48.4 Å². The molecule has 0 spiro atoms. The van der Waals surface area contributed by atoms with Gasteiger partial charge in [-0.15, -0.1) is 0 Å². The van der Waals surface area contributed by atoms with Crippen LogP contribution in [0, 0.1) is 12.7 Å². The summed E-state index contributed by atoms with van der Waals surface area (Å²) in [6, 6.07) is 20.0. The Morgan fingerprint density at radius 2 is 1.75 bits per heavy atom. The van der Waals surface area contributed by atoms with Crippen molar-refractivity contribution >= 4 is 23.2 Å². The van der Waals surface area contributed by atoms with Crippen molar-refractivity contribution in [1.29, 1.82) is 0 Å². The van der Waals surface area contributed by atoms with E-state index < -0.39 is 0 Å². The predicted octanol–water partition coefficient (Wildman–Crippen LogP) is 5.94. The Kier molecular flexibility index (Phi) is 4.30. The largest absolute Gasteiger partial charge is 0.480 e. The van der Waals surface area contributed by atoms with E-state index in [0.29, 0.717) is 11.0 Å². The maximum Gasteiger partial charge on any atom is 0.226 e. The fourth-order valence-corrected chi connectivity index (χ4v) is 4.60. The van der Waals surface area contributed by atoms with Gasteiger partial charge in [0.15, 0.2) is 0 Å². The quantitative estimate of drug-likeness (QED) is 0.415. The van der Waals surface area contributed by atoms with Gasteiger partial charge in [-0.25, -0.2) is 9.07 Å². The molecule has 158 valence electrons. The number of ether oxygens (including phenoxy) is 1. The number of nitrogens with one attached hydrogen (secondary N) is 1. The van der Waals surface area contributed by atoms with Crippen LogP contribution in [0.25, 0.3) is 5.70 Å². The molecule has 6 rings (SSSR count). The van der Waals surface area contributed by atoms with Crippen LogP contribution in [0.5, 0.6) is 5.75 Å². The summed E-state index contributed by atoms with van der Waals surface area (Å²) in [7, 11) is 0. The molecule has 4 aromatic rings. The molecule has 2 aliphatic rings. The minimum absolute atomic E-state index is 0.289. The van der Waals surface area contributed by atoms with Crippen molar-refractivity contribution < 1.29 is 9.13 Å². The van der Waals surface area contributed by atoms with Gasteiger partial charge in [0.2, 0.25) is 5.95 Å². The number of hydrogen-bond acceptors (Lipinski definition) is 4. The van der Waals surface area contributed by atoms with E-state index in [0.717, 1.165) is 33.7 Å². The van der Waals surface area contributed by atoms with E-state index in [4.69, 9.17) is 16.3 Å². The van der Waals surface area contributed by atoms with Crippen LogP contribution < -0.4 is 10.1 Å². The Morgan fingerprint density at radius 3 is 2.53 bits per heavy atom. The van der Waals surface area contributed by atoms with Crippen molar-refractivity contribution in [2.75, 3.05) is 5.32 Å². The summed E-state index contributed by atoms with van der Waals surface area (Å²) in [5.41, 5.74) is 5.78. The molecule has 0 bridgehead atoms. The number of benzene rings is 3. The second-order valence-electron chi connectivity index (χ2n) is 7.99. The van der Waals surface area contributed by atoms with Crippen molar-refractivity contribution in [3.05, 3.63) is 112 Å². The van der Waals surface area contributed by atoms with Gasteiger partial charge in [0.25, 0.3) is 0 Å². The van der Waals surface area contributed by atoms with Crippen molar-refractivity contribution in [3.8, 4) is 5.75 Å². The van der Waals surface area contributed by atoms with Crippen LogP contribution in [0.4, 0.5) is 10.3 Å². The van der Waals surface area contributed by atoms with E-state index in [9.17, 15) is 4.39 Å². The third-order valence-electron chi connectivity index (χ3n) is 5.94. The van der Waals surface area contributed by atoms with Gasteiger partial charge in [-0.2, -0.15) is 10.1 Å². The Bertz CT molecular complexity index is 1360. The molecule has 3 heterocycles. The summed E-state index contributed by atoms with van der Waals surface area (Å²) in [5.74, 6) is 1.05. The first kappa shape index (κ1) is 19.1. The van der Waals surface area contributed by atoms with Gasteiger partial charge < -0.3 is 10.1 Å². The van der Waals surface area contributed by atoms with Crippen LogP contribution in [0.2, 0.25) is 5.02 Å². The van der Waals surface area contributed by atoms with Crippen LogP contribution in [-0.2, 0) is 0 Å². The minimum Gasteiger partial charge on any atom is -0.480 e. The normalized spacial score (nSPS) is 18.8. The maximum absolute atomic E-state index is 13.7. The van der Waals surface area contributed by atoms with Gasteiger partial charge in [0.05, 0.1) is 5.70 Å². The Balaban J connectivity index is 1.63. The molecule has 2 aliphatic heterocycles. The third-order valence-corrected chi connectivity index (χ3v) is 6.18. The standard InChI is InChI=1S/C25H18ClFN4O/c1-14-2-4-16(5-3-14)24-21-22(19-12-17(26)8-11-20(19)32-24)30-25-28-13-29-31(25)23(21)15-6-9-18(27)10-7-15/h2-13,23-24H,1H3,(H,28,29,30)/t23-,24+/m0/s1. The molecule has 32 heavy (non-hydrogen) atoms. The van der Waals surface area contributed by atoms with E-state index in [2.05, 4.69) is 46.6 Å². The zero-order valence-electron chi connectivity index (χ0n) is 17.1. The second kappa shape index (κ2) is 7.21. The molecule has 0 fully saturated rings. The molecule has 3 aromatic carbocycles. The van der Waals surface area contributed by atoms with E-state index in [1.165, 1.54) is 24.0 Å². The summed E-state index contributed by atoms with van der Waals surface area (Å²) >= 11 is 6.35. The molecular formula is C25H18ClFN4O. The van der Waals surface area contributed by atoms with Crippen LogP contribution in [0.1, 0.15) is 34.4 Å². The van der Waals surface area contributed by atoms with Gasteiger partial charge in [0, 0.05) is 16.2 Å².